The van der Waals surface area contributed by atoms with E-state index in [9.17, 15) is 4.79 Å². The molecule has 1 aromatic carbocycles. The first-order valence-corrected chi connectivity index (χ1v) is 8.26. The highest BCUT2D eigenvalue weighted by Crippen LogP contribution is 2.27. The summed E-state index contributed by atoms with van der Waals surface area (Å²) in [5, 5.41) is 4.04. The predicted octanol–water partition coefficient (Wildman–Crippen LogP) is 3.96. The lowest BCUT2D eigenvalue weighted by Crippen LogP contribution is -2.25. The van der Waals surface area contributed by atoms with E-state index in [0.717, 1.165) is 36.1 Å². The molecule has 4 nitrogen and oxygen atoms in total. The largest absolute Gasteiger partial charge is 0.483 e. The highest BCUT2D eigenvalue weighted by atomic mass is 16.5. The fourth-order valence-electron chi connectivity index (χ4n) is 2.59. The maximum absolute atomic E-state index is 11.9. The number of allylic oxidation sites excluding steroid dienone is 2. The summed E-state index contributed by atoms with van der Waals surface area (Å²) in [7, 11) is 0. The fraction of sp³-hybridized carbons (Fsp3) is 0.474. The van der Waals surface area contributed by atoms with Crippen LogP contribution in [-0.4, -0.2) is 18.7 Å². The number of hydrogen-bond donors (Lipinski definition) is 1. The molecule has 23 heavy (non-hydrogen) atoms. The van der Waals surface area contributed by atoms with Crippen LogP contribution in [0.2, 0.25) is 0 Å². The van der Waals surface area contributed by atoms with Gasteiger partial charge in [0.1, 0.15) is 5.75 Å². The summed E-state index contributed by atoms with van der Waals surface area (Å²) < 4.78 is 5.69. The third-order valence-corrected chi connectivity index (χ3v) is 3.93. The van der Waals surface area contributed by atoms with Gasteiger partial charge >= 0.3 is 0 Å². The lowest BCUT2D eigenvalue weighted by molar-refractivity contribution is -0.123. The molecule has 1 aromatic rings. The summed E-state index contributed by atoms with van der Waals surface area (Å²) >= 11 is 0. The van der Waals surface area contributed by atoms with Crippen molar-refractivity contribution in [3.8, 4) is 5.75 Å². The number of hydrazone groups is 1. The van der Waals surface area contributed by atoms with Crippen LogP contribution in [0.1, 0.15) is 50.2 Å². The number of carbonyl (C=O) groups is 1. The first-order valence-electron chi connectivity index (χ1n) is 8.26. The summed E-state index contributed by atoms with van der Waals surface area (Å²) in [4.78, 5) is 11.9. The molecule has 0 saturated heterocycles. The number of rotatable bonds is 6. The van der Waals surface area contributed by atoms with E-state index in [1.54, 1.807) is 0 Å². The van der Waals surface area contributed by atoms with Gasteiger partial charge in [0.05, 0.1) is 0 Å². The molecule has 0 spiro atoms. The first-order chi connectivity index (χ1) is 11.1. The van der Waals surface area contributed by atoms with Crippen molar-refractivity contribution in [2.75, 3.05) is 6.61 Å². The van der Waals surface area contributed by atoms with Crippen LogP contribution in [0, 0.1) is 12.8 Å². The fourth-order valence-corrected chi connectivity index (χ4v) is 2.59. The Morgan fingerprint density at radius 1 is 1.43 bits per heavy atom. The number of nitrogens with one attached hydrogen (secondary N) is 1. The molecule has 4 heteroatoms. The van der Waals surface area contributed by atoms with Crippen molar-refractivity contribution in [2.45, 2.75) is 46.0 Å². The highest BCUT2D eigenvalue weighted by molar-refractivity contribution is 5.78. The second-order valence-corrected chi connectivity index (χ2v) is 6.34. The zero-order valence-electron chi connectivity index (χ0n) is 14.2. The Balaban J connectivity index is 1.83. The van der Waals surface area contributed by atoms with Gasteiger partial charge in [-0.25, -0.2) is 5.43 Å². The van der Waals surface area contributed by atoms with Gasteiger partial charge in [-0.05, 0) is 55.2 Å². The molecule has 0 bridgehead atoms. The molecule has 0 aromatic heterocycles. The molecule has 1 amide bonds. The van der Waals surface area contributed by atoms with Crippen LogP contribution in [0.15, 0.2) is 35.5 Å². The number of carbonyl (C=O) groups excluding carboxylic acids is 1. The first kappa shape index (κ1) is 17.3. The molecule has 1 aliphatic rings. The maximum atomic E-state index is 11.9. The predicted molar refractivity (Wildman–Crippen MR) is 93.9 cm³/mol. The van der Waals surface area contributed by atoms with E-state index < -0.39 is 0 Å². The number of ether oxygens (including phenoxy) is 1. The Kier molecular flexibility index (Phi) is 6.39. The molecular formula is C19H26N2O2. The highest BCUT2D eigenvalue weighted by Gasteiger charge is 2.10. The Morgan fingerprint density at radius 3 is 2.96 bits per heavy atom. The van der Waals surface area contributed by atoms with E-state index in [0.29, 0.717) is 11.8 Å². The summed E-state index contributed by atoms with van der Waals surface area (Å²) in [5.41, 5.74) is 4.78. The summed E-state index contributed by atoms with van der Waals surface area (Å²) in [6, 6.07) is 6.09. The van der Waals surface area contributed by atoms with Crippen molar-refractivity contribution in [3.63, 3.8) is 0 Å². The standard InChI is InChI=1S/C19H26N2O2/c1-14(2)17-10-9-15(3)11-18(17)23-13-19(22)21-20-12-16-7-5-4-6-8-16/h4-5,9-12,14,16H,6-8,13H2,1-3H3,(H,21,22)/b20-12-/t16-/m1/s1. The molecule has 0 unspecified atom stereocenters. The molecule has 1 aliphatic carbocycles. The topological polar surface area (TPSA) is 50.7 Å². The lowest BCUT2D eigenvalue weighted by Gasteiger charge is -2.14. The quantitative estimate of drug-likeness (QED) is 0.491. The van der Waals surface area contributed by atoms with E-state index >= 15 is 0 Å². The van der Waals surface area contributed by atoms with Crippen molar-refractivity contribution in [2.24, 2.45) is 11.0 Å². The van der Waals surface area contributed by atoms with E-state index in [4.69, 9.17) is 4.74 Å². The molecule has 0 radical (unpaired) electrons. The molecule has 0 fully saturated rings. The van der Waals surface area contributed by atoms with E-state index in [1.165, 1.54) is 0 Å². The molecule has 0 heterocycles. The van der Waals surface area contributed by atoms with Crippen LogP contribution in [0.4, 0.5) is 0 Å². The average Bonchev–Trinajstić information content (AvgIpc) is 2.53. The normalized spacial score (nSPS) is 17.7. The minimum atomic E-state index is -0.233. The Hall–Kier alpha value is -2.10. The SMILES string of the molecule is Cc1ccc(C(C)C)c(OCC(=O)N/N=C\[C@@H]2CC=CCC2)c1. The number of aryl methyl sites for hydroxylation is 1. The zero-order valence-corrected chi connectivity index (χ0v) is 14.2. The Labute approximate surface area is 138 Å². The van der Waals surface area contributed by atoms with Crippen LogP contribution in [0.5, 0.6) is 5.75 Å². The van der Waals surface area contributed by atoms with E-state index in [2.05, 4.69) is 48.7 Å². The molecule has 0 saturated carbocycles. The van der Waals surface area contributed by atoms with Crippen LogP contribution in [0.3, 0.4) is 0 Å². The summed E-state index contributed by atoms with van der Waals surface area (Å²) in [6.07, 6.45) is 9.35. The van der Waals surface area contributed by atoms with Crippen LogP contribution < -0.4 is 10.2 Å². The molecule has 1 N–H and O–H groups in total. The van der Waals surface area contributed by atoms with Crippen LogP contribution in [0.25, 0.3) is 0 Å². The second-order valence-electron chi connectivity index (χ2n) is 6.34. The van der Waals surface area contributed by atoms with Gasteiger partial charge in [-0.1, -0.05) is 38.1 Å². The van der Waals surface area contributed by atoms with Crippen molar-refractivity contribution < 1.29 is 9.53 Å². The monoisotopic (exact) mass is 314 g/mol. The van der Waals surface area contributed by atoms with Gasteiger partial charge < -0.3 is 4.74 Å². The van der Waals surface area contributed by atoms with E-state index in [1.807, 2.05) is 19.2 Å². The minimum absolute atomic E-state index is 0.0227. The van der Waals surface area contributed by atoms with Gasteiger partial charge in [-0.15, -0.1) is 0 Å². The summed E-state index contributed by atoms with van der Waals surface area (Å²) in [5.74, 6) is 1.32. The maximum Gasteiger partial charge on any atom is 0.277 e. The van der Waals surface area contributed by atoms with Crippen LogP contribution in [-0.2, 0) is 4.79 Å². The van der Waals surface area contributed by atoms with Crippen molar-refractivity contribution in [3.05, 3.63) is 41.5 Å². The molecule has 1 atom stereocenters. The number of amides is 1. The second kappa shape index (κ2) is 8.51. The van der Waals surface area contributed by atoms with Gasteiger partial charge in [0.2, 0.25) is 0 Å². The molecular weight excluding hydrogens is 288 g/mol. The lowest BCUT2D eigenvalue weighted by atomic mass is 9.96. The molecule has 0 aliphatic heterocycles. The molecule has 124 valence electrons. The Morgan fingerprint density at radius 2 is 2.26 bits per heavy atom. The van der Waals surface area contributed by atoms with Gasteiger partial charge in [-0.3, -0.25) is 4.79 Å². The number of hydrogen-bond acceptors (Lipinski definition) is 3. The third-order valence-electron chi connectivity index (χ3n) is 3.93. The van der Waals surface area contributed by atoms with Crippen molar-refractivity contribution >= 4 is 12.1 Å². The van der Waals surface area contributed by atoms with Crippen molar-refractivity contribution in [1.29, 1.82) is 0 Å². The van der Waals surface area contributed by atoms with Gasteiger partial charge in [0.15, 0.2) is 6.61 Å². The number of benzene rings is 1. The van der Waals surface area contributed by atoms with Gasteiger partial charge in [-0.2, -0.15) is 5.10 Å². The Bertz CT molecular complexity index is 591. The van der Waals surface area contributed by atoms with Crippen molar-refractivity contribution in [1.82, 2.24) is 5.43 Å². The minimum Gasteiger partial charge on any atom is -0.483 e. The smallest absolute Gasteiger partial charge is 0.277 e. The van der Waals surface area contributed by atoms with Gasteiger partial charge in [0, 0.05) is 6.21 Å². The average molecular weight is 314 g/mol. The summed E-state index contributed by atoms with van der Waals surface area (Å²) in [6.45, 7) is 6.21. The molecule has 2 rings (SSSR count). The zero-order chi connectivity index (χ0) is 16.7. The van der Waals surface area contributed by atoms with Crippen LogP contribution >= 0.6 is 0 Å². The van der Waals surface area contributed by atoms with E-state index in [-0.39, 0.29) is 12.5 Å². The number of nitrogens with zero attached hydrogens (tertiary/aromatic N) is 1. The van der Waals surface area contributed by atoms with Gasteiger partial charge in [0.25, 0.3) is 5.91 Å². The third kappa shape index (κ3) is 5.55.